The Balaban J connectivity index is 1.73. The number of nitrogens with zero attached hydrogens (tertiary/aromatic N) is 5. The van der Waals surface area contributed by atoms with Crippen molar-refractivity contribution in [1.82, 2.24) is 36.2 Å². The van der Waals surface area contributed by atoms with E-state index < -0.39 is 5.41 Å². The number of pyridine rings is 1. The number of aromatic nitrogens is 5. The van der Waals surface area contributed by atoms with E-state index in [1.807, 2.05) is 25.2 Å². The quantitative estimate of drug-likeness (QED) is 0.258. The number of hydrogen-bond acceptors (Lipinski definition) is 9. The number of rotatable bonds is 7. The minimum atomic E-state index is -0.530. The second-order valence-electron chi connectivity index (χ2n) is 6.75. The molecule has 1 aliphatic rings. The second-order valence-corrected chi connectivity index (χ2v) is 8.34. The average molecular weight is 425 g/mol. The molecule has 29 heavy (non-hydrogen) atoms. The van der Waals surface area contributed by atoms with Crippen LogP contribution in [0.3, 0.4) is 0 Å². The maximum absolute atomic E-state index is 9.53. The highest BCUT2D eigenvalue weighted by atomic mass is 32.2. The van der Waals surface area contributed by atoms with Crippen molar-refractivity contribution >= 4 is 24.4 Å². The molecule has 0 unspecified atom stereocenters. The number of nitriles is 1. The predicted molar refractivity (Wildman–Crippen MR) is 115 cm³/mol. The molecular formula is C19H20N8S2. The molecule has 0 bridgehead atoms. The molecular weight excluding hydrogens is 404 g/mol. The van der Waals surface area contributed by atoms with E-state index in [1.54, 1.807) is 18.0 Å². The molecule has 1 fully saturated rings. The normalized spacial score (nSPS) is 14.9. The number of benzene rings is 1. The molecule has 1 aromatic carbocycles. The summed E-state index contributed by atoms with van der Waals surface area (Å²) in [6.45, 7) is 2.16. The van der Waals surface area contributed by atoms with E-state index >= 15 is 0 Å². The van der Waals surface area contributed by atoms with Crippen LogP contribution in [-0.4, -0.2) is 58.0 Å². The minimum Gasteiger partial charge on any atom is -0.319 e. The van der Waals surface area contributed by atoms with E-state index in [-0.39, 0.29) is 0 Å². The molecule has 4 rings (SSSR count). The minimum absolute atomic E-state index is 0.488. The SMILES string of the molecule is CNCCSc1ccc(-c2ccc(C3(C#N)CNC3)nc2)c(-c2nn[nH]n2)c1S. The van der Waals surface area contributed by atoms with Gasteiger partial charge in [0.25, 0.3) is 0 Å². The summed E-state index contributed by atoms with van der Waals surface area (Å²) in [5.41, 5.74) is 2.90. The van der Waals surface area contributed by atoms with Gasteiger partial charge < -0.3 is 10.6 Å². The van der Waals surface area contributed by atoms with Gasteiger partial charge in [-0.1, -0.05) is 12.1 Å². The smallest absolute Gasteiger partial charge is 0.206 e. The lowest BCUT2D eigenvalue weighted by molar-refractivity contribution is 0.348. The van der Waals surface area contributed by atoms with Gasteiger partial charge in [-0.2, -0.15) is 10.5 Å². The van der Waals surface area contributed by atoms with Crippen molar-refractivity contribution < 1.29 is 0 Å². The van der Waals surface area contributed by atoms with Gasteiger partial charge in [-0.05, 0) is 30.0 Å². The largest absolute Gasteiger partial charge is 0.319 e. The van der Waals surface area contributed by atoms with Gasteiger partial charge in [0.05, 0.1) is 11.8 Å². The highest BCUT2D eigenvalue weighted by Gasteiger charge is 2.40. The third kappa shape index (κ3) is 3.74. The van der Waals surface area contributed by atoms with Gasteiger partial charge >= 0.3 is 0 Å². The van der Waals surface area contributed by atoms with Gasteiger partial charge in [0.2, 0.25) is 5.82 Å². The third-order valence-corrected chi connectivity index (χ3v) is 6.63. The number of thioether (sulfide) groups is 1. The number of aromatic amines is 1. The maximum Gasteiger partial charge on any atom is 0.206 e. The summed E-state index contributed by atoms with van der Waals surface area (Å²) < 4.78 is 0. The Bertz CT molecular complexity index is 1020. The van der Waals surface area contributed by atoms with Crippen LogP contribution in [0.15, 0.2) is 40.3 Å². The summed E-state index contributed by atoms with van der Waals surface area (Å²) in [6, 6.07) is 10.4. The molecule has 1 saturated heterocycles. The molecule has 8 nitrogen and oxygen atoms in total. The van der Waals surface area contributed by atoms with Crippen LogP contribution in [0.25, 0.3) is 22.5 Å². The molecule has 0 amide bonds. The van der Waals surface area contributed by atoms with Crippen molar-refractivity contribution in [3.05, 3.63) is 36.2 Å². The molecule has 0 aliphatic carbocycles. The van der Waals surface area contributed by atoms with Gasteiger partial charge in [-0.25, -0.2) is 0 Å². The number of nitrogens with one attached hydrogen (secondary N) is 3. The first-order chi connectivity index (χ1) is 14.2. The molecule has 0 spiro atoms. The van der Waals surface area contributed by atoms with Crippen molar-refractivity contribution in [2.24, 2.45) is 0 Å². The zero-order chi connectivity index (χ0) is 20.3. The molecule has 3 aromatic rings. The molecule has 1 aliphatic heterocycles. The van der Waals surface area contributed by atoms with Crippen LogP contribution < -0.4 is 10.6 Å². The van der Waals surface area contributed by atoms with E-state index in [0.717, 1.165) is 44.5 Å². The van der Waals surface area contributed by atoms with E-state index in [1.165, 1.54) is 0 Å². The van der Waals surface area contributed by atoms with Gasteiger partial charge in [0.1, 0.15) is 5.41 Å². The number of H-pyrrole nitrogens is 1. The Morgan fingerprint density at radius 1 is 1.31 bits per heavy atom. The van der Waals surface area contributed by atoms with Crippen LogP contribution in [0.5, 0.6) is 0 Å². The zero-order valence-electron chi connectivity index (χ0n) is 15.8. The summed E-state index contributed by atoms with van der Waals surface area (Å²) >= 11 is 6.51. The summed E-state index contributed by atoms with van der Waals surface area (Å²) in [5, 5.41) is 30.4. The van der Waals surface area contributed by atoms with Crippen LogP contribution in [0.1, 0.15) is 5.69 Å². The Morgan fingerprint density at radius 3 is 2.76 bits per heavy atom. The van der Waals surface area contributed by atoms with Crippen molar-refractivity contribution in [3.63, 3.8) is 0 Å². The van der Waals surface area contributed by atoms with Crippen molar-refractivity contribution in [3.8, 4) is 28.6 Å². The summed E-state index contributed by atoms with van der Waals surface area (Å²) in [5.74, 6) is 1.41. The highest BCUT2D eigenvalue weighted by molar-refractivity contribution is 7.99. The van der Waals surface area contributed by atoms with E-state index in [0.29, 0.717) is 18.9 Å². The van der Waals surface area contributed by atoms with Gasteiger partial charge in [-0.3, -0.25) is 4.98 Å². The fourth-order valence-electron chi connectivity index (χ4n) is 3.21. The lowest BCUT2D eigenvalue weighted by Gasteiger charge is -2.35. The van der Waals surface area contributed by atoms with Crippen LogP contribution in [0.4, 0.5) is 0 Å². The zero-order valence-corrected chi connectivity index (χ0v) is 17.5. The molecule has 3 N–H and O–H groups in total. The van der Waals surface area contributed by atoms with Crippen LogP contribution in [0, 0.1) is 11.3 Å². The topological polar surface area (TPSA) is 115 Å². The predicted octanol–water partition coefficient (Wildman–Crippen LogP) is 1.89. The van der Waals surface area contributed by atoms with Crippen LogP contribution in [-0.2, 0) is 5.41 Å². The molecule has 0 saturated carbocycles. The standard InChI is InChI=1S/C19H20N8S2/c1-21-6-7-29-14-4-3-13(16(17(14)28)18-24-26-27-25-18)12-2-5-15(23-8-12)19(9-20)10-22-11-19/h2-5,8,21-22,28H,6-7,10-11H2,1H3,(H,24,25,26,27). The Hall–Kier alpha value is -2.45. The first-order valence-corrected chi connectivity index (χ1v) is 10.6. The van der Waals surface area contributed by atoms with Gasteiger partial charge in [-0.15, -0.1) is 34.6 Å². The second kappa shape index (κ2) is 8.51. The summed E-state index contributed by atoms with van der Waals surface area (Å²) in [7, 11) is 1.93. The van der Waals surface area contributed by atoms with Gasteiger partial charge in [0, 0.05) is 52.5 Å². The lowest BCUT2D eigenvalue weighted by atomic mass is 9.79. The van der Waals surface area contributed by atoms with Crippen molar-refractivity contribution in [1.29, 1.82) is 5.26 Å². The average Bonchev–Trinajstić information content (AvgIpc) is 3.24. The fourth-order valence-corrected chi connectivity index (χ4v) is 4.63. The van der Waals surface area contributed by atoms with Crippen LogP contribution in [0.2, 0.25) is 0 Å². The highest BCUT2D eigenvalue weighted by Crippen LogP contribution is 2.40. The first-order valence-electron chi connectivity index (χ1n) is 9.14. The summed E-state index contributed by atoms with van der Waals surface area (Å²) in [6.07, 6.45) is 1.80. The molecule has 10 heteroatoms. The Kier molecular flexibility index (Phi) is 5.82. The third-order valence-electron chi connectivity index (χ3n) is 4.95. The van der Waals surface area contributed by atoms with Crippen LogP contribution >= 0.6 is 24.4 Å². The summed E-state index contributed by atoms with van der Waals surface area (Å²) in [4.78, 5) is 6.46. The molecule has 148 valence electrons. The number of thiol groups is 1. The van der Waals surface area contributed by atoms with E-state index in [2.05, 4.69) is 48.4 Å². The van der Waals surface area contributed by atoms with Crippen molar-refractivity contribution in [2.45, 2.75) is 15.2 Å². The molecule has 0 atom stereocenters. The maximum atomic E-state index is 9.53. The molecule has 2 aromatic heterocycles. The first kappa shape index (κ1) is 19.8. The lowest BCUT2D eigenvalue weighted by Crippen LogP contribution is -2.56. The number of hydrogen-bond donors (Lipinski definition) is 4. The Morgan fingerprint density at radius 2 is 2.17 bits per heavy atom. The van der Waals surface area contributed by atoms with Gasteiger partial charge in [0.15, 0.2) is 0 Å². The molecule has 0 radical (unpaired) electrons. The Labute approximate surface area is 178 Å². The monoisotopic (exact) mass is 424 g/mol. The molecule has 3 heterocycles. The number of tetrazole rings is 1. The van der Waals surface area contributed by atoms with E-state index in [4.69, 9.17) is 12.6 Å². The fraction of sp³-hybridized carbons (Fsp3) is 0.316. The van der Waals surface area contributed by atoms with E-state index in [9.17, 15) is 5.26 Å². The van der Waals surface area contributed by atoms with Crippen molar-refractivity contribution in [2.75, 3.05) is 32.4 Å².